The number of amides is 3. The Morgan fingerprint density at radius 1 is 1.20 bits per heavy atom. The molecule has 1 saturated heterocycles. The SMILES string of the molecule is COCC(N)=O.FC1(F)CCCCC1.O=C(NCc1cn2ncc(CC3CC(C(F)(F)F)NC3=O)cc2n1)c1nonc1C1CC1. The van der Waals surface area contributed by atoms with Crippen LogP contribution < -0.4 is 16.4 Å². The third-order valence-electron chi connectivity index (χ3n) is 7.51. The molecule has 13 nitrogen and oxygen atoms in total. The van der Waals surface area contributed by atoms with Crippen LogP contribution in [0, 0.1) is 5.92 Å². The molecule has 0 bridgehead atoms. The fourth-order valence-electron chi connectivity index (χ4n) is 5.02. The summed E-state index contributed by atoms with van der Waals surface area (Å²) in [5, 5.41) is 16.4. The van der Waals surface area contributed by atoms with Gasteiger partial charge in [0.2, 0.25) is 17.7 Å². The van der Waals surface area contributed by atoms with E-state index in [1.54, 1.807) is 12.3 Å². The van der Waals surface area contributed by atoms with Gasteiger partial charge >= 0.3 is 6.18 Å². The van der Waals surface area contributed by atoms with E-state index in [1.807, 2.05) is 5.32 Å². The number of alkyl halides is 5. The van der Waals surface area contributed by atoms with Gasteiger partial charge in [0.1, 0.15) is 18.3 Å². The maximum atomic E-state index is 12.9. The number of fused-ring (bicyclic) bond motifs is 1. The normalized spacial score (nSPS) is 20.6. The number of aromatic nitrogens is 5. The molecule has 0 radical (unpaired) electrons. The zero-order valence-electron chi connectivity index (χ0n) is 25.0. The summed E-state index contributed by atoms with van der Waals surface area (Å²) >= 11 is 0. The predicted octanol–water partition coefficient (Wildman–Crippen LogP) is 3.23. The lowest BCUT2D eigenvalue weighted by atomic mass is 9.97. The number of rotatable bonds is 8. The standard InChI is InChI=1S/C19H18F3N7O3.C6H10F2.C3H7NO2/c20-19(21,22)13-5-11(17(30)26-13)3-9-4-14-25-12(8-29(14)24-6-9)7-23-18(31)16-15(10-1-2-10)27-32-28-16;7-6(8)4-2-1-3-5-6;1-6-2-3(4)5/h4,6,8,10-11,13H,1-3,5,7H2,(H,23,31)(H,26,30);1-5H2;2H2,1H3,(H2,4,5). The second-order valence-electron chi connectivity index (χ2n) is 11.4. The van der Waals surface area contributed by atoms with Gasteiger partial charge in [0.05, 0.1) is 24.6 Å². The summed E-state index contributed by atoms with van der Waals surface area (Å²) in [7, 11) is 1.42. The average molecular weight is 659 g/mol. The fourth-order valence-corrected chi connectivity index (χ4v) is 5.02. The zero-order chi connectivity index (χ0) is 33.5. The molecule has 3 fully saturated rings. The van der Waals surface area contributed by atoms with Crippen LogP contribution >= 0.6 is 0 Å². The van der Waals surface area contributed by atoms with Gasteiger partial charge in [-0.25, -0.2) is 22.9 Å². The van der Waals surface area contributed by atoms with Gasteiger partial charge in [-0.3, -0.25) is 14.4 Å². The van der Waals surface area contributed by atoms with Crippen molar-refractivity contribution < 1.29 is 45.7 Å². The van der Waals surface area contributed by atoms with Crippen LogP contribution in [-0.4, -0.2) is 74.5 Å². The van der Waals surface area contributed by atoms with E-state index in [0.717, 1.165) is 19.3 Å². The maximum absolute atomic E-state index is 12.9. The van der Waals surface area contributed by atoms with E-state index in [9.17, 15) is 36.3 Å². The Bertz CT molecular complexity index is 1500. The van der Waals surface area contributed by atoms with Gasteiger partial charge in [-0.1, -0.05) is 11.6 Å². The van der Waals surface area contributed by atoms with Crippen LogP contribution in [0.3, 0.4) is 0 Å². The van der Waals surface area contributed by atoms with Crippen LogP contribution in [0.1, 0.15) is 84.7 Å². The van der Waals surface area contributed by atoms with E-state index in [-0.39, 0.29) is 50.4 Å². The Labute approximate surface area is 259 Å². The monoisotopic (exact) mass is 658 g/mol. The van der Waals surface area contributed by atoms with Crippen LogP contribution in [0.15, 0.2) is 23.1 Å². The lowest BCUT2D eigenvalue weighted by Crippen LogP contribution is -2.38. The van der Waals surface area contributed by atoms with Crippen LogP contribution in [0.25, 0.3) is 5.65 Å². The van der Waals surface area contributed by atoms with Crippen LogP contribution in [0.5, 0.6) is 0 Å². The molecule has 3 amide bonds. The molecule has 3 aliphatic rings. The minimum absolute atomic E-state index is 0.0139. The number of carbonyl (C=O) groups excluding carboxylic acids is 3. The first-order valence-electron chi connectivity index (χ1n) is 14.7. The van der Waals surface area contributed by atoms with Gasteiger partial charge in [0.15, 0.2) is 11.3 Å². The topological polar surface area (TPSA) is 180 Å². The molecule has 1 aliphatic heterocycles. The minimum Gasteiger partial charge on any atom is -0.375 e. The number of nitrogens with zero attached hydrogens (tertiary/aromatic N) is 5. The molecule has 2 unspecified atom stereocenters. The fraction of sp³-hybridized carbons (Fsp3) is 0.607. The summed E-state index contributed by atoms with van der Waals surface area (Å²) in [5.41, 5.74) is 6.96. The number of primary amides is 1. The lowest BCUT2D eigenvalue weighted by Gasteiger charge is -2.20. The molecule has 2 atom stereocenters. The number of ether oxygens (including phenoxy) is 1. The Morgan fingerprint density at radius 3 is 2.46 bits per heavy atom. The van der Waals surface area contributed by atoms with Crippen molar-refractivity contribution in [2.24, 2.45) is 11.7 Å². The number of hydrogen-bond donors (Lipinski definition) is 3. The summed E-state index contributed by atoms with van der Waals surface area (Å²) in [4.78, 5) is 38.4. The zero-order valence-corrected chi connectivity index (χ0v) is 25.0. The number of nitrogens with one attached hydrogen (secondary N) is 2. The molecule has 4 N–H and O–H groups in total. The van der Waals surface area contributed by atoms with Crippen molar-refractivity contribution in [3.05, 3.63) is 41.1 Å². The Kier molecular flexibility index (Phi) is 11.2. The Balaban J connectivity index is 0.000000285. The summed E-state index contributed by atoms with van der Waals surface area (Å²) in [6.45, 7) is 0.132. The van der Waals surface area contributed by atoms with Crippen molar-refractivity contribution in [3.8, 4) is 0 Å². The number of hydrogen-bond acceptors (Lipinski definition) is 9. The smallest absolute Gasteiger partial charge is 0.375 e. The molecule has 46 heavy (non-hydrogen) atoms. The Morgan fingerprint density at radius 2 is 1.91 bits per heavy atom. The molecule has 3 aromatic rings. The second-order valence-corrected chi connectivity index (χ2v) is 11.4. The van der Waals surface area contributed by atoms with E-state index < -0.39 is 41.8 Å². The van der Waals surface area contributed by atoms with Gasteiger partial charge in [0.25, 0.3) is 5.91 Å². The molecule has 252 valence electrons. The number of halogens is 5. The van der Waals surface area contributed by atoms with E-state index >= 15 is 0 Å². The van der Waals surface area contributed by atoms with E-state index in [2.05, 4.69) is 40.8 Å². The summed E-state index contributed by atoms with van der Waals surface area (Å²) < 4.78 is 73.5. The van der Waals surface area contributed by atoms with Crippen molar-refractivity contribution in [2.45, 2.75) is 88.4 Å². The minimum atomic E-state index is -4.46. The summed E-state index contributed by atoms with van der Waals surface area (Å²) in [6, 6.07) is -0.155. The highest BCUT2D eigenvalue weighted by Crippen LogP contribution is 2.40. The molecule has 0 spiro atoms. The molecular formula is C28H35F5N8O5. The number of methoxy groups -OCH3 is 1. The van der Waals surface area contributed by atoms with E-state index in [4.69, 9.17) is 0 Å². The average Bonchev–Trinajstić information content (AvgIpc) is 3.37. The highest BCUT2D eigenvalue weighted by atomic mass is 19.4. The quantitative estimate of drug-likeness (QED) is 0.306. The van der Waals surface area contributed by atoms with Crippen molar-refractivity contribution in [3.63, 3.8) is 0 Å². The second kappa shape index (κ2) is 14.9. The molecule has 6 rings (SSSR count). The maximum Gasteiger partial charge on any atom is 0.408 e. The summed E-state index contributed by atoms with van der Waals surface area (Å²) in [6.07, 6.45) is 3.05. The first-order valence-corrected chi connectivity index (χ1v) is 14.7. The van der Waals surface area contributed by atoms with E-state index in [1.165, 1.54) is 17.8 Å². The van der Waals surface area contributed by atoms with E-state index in [0.29, 0.717) is 35.4 Å². The third kappa shape index (κ3) is 9.89. The van der Waals surface area contributed by atoms with Crippen LogP contribution in [0.4, 0.5) is 22.0 Å². The first-order chi connectivity index (χ1) is 21.8. The molecular weight excluding hydrogens is 623 g/mol. The van der Waals surface area contributed by atoms with Crippen LogP contribution in [0.2, 0.25) is 0 Å². The van der Waals surface area contributed by atoms with Crippen molar-refractivity contribution in [1.82, 2.24) is 35.5 Å². The highest BCUT2D eigenvalue weighted by molar-refractivity contribution is 5.93. The molecule has 18 heteroatoms. The number of imidazole rings is 1. The molecule has 3 aromatic heterocycles. The van der Waals surface area contributed by atoms with Gasteiger partial charge in [-0.2, -0.15) is 18.3 Å². The van der Waals surface area contributed by atoms with Gasteiger partial charge in [0, 0.05) is 31.8 Å². The van der Waals surface area contributed by atoms with Crippen LogP contribution in [-0.2, 0) is 27.3 Å². The van der Waals surface area contributed by atoms with Gasteiger partial charge in [-0.05, 0) is 55.3 Å². The molecule has 4 heterocycles. The molecule has 2 saturated carbocycles. The van der Waals surface area contributed by atoms with Crippen molar-refractivity contribution in [2.75, 3.05) is 13.7 Å². The van der Waals surface area contributed by atoms with Crippen molar-refractivity contribution >= 4 is 23.4 Å². The highest BCUT2D eigenvalue weighted by Gasteiger charge is 2.47. The number of carbonyl (C=O) groups is 3. The predicted molar refractivity (Wildman–Crippen MR) is 149 cm³/mol. The molecule has 2 aliphatic carbocycles. The molecule has 0 aromatic carbocycles. The van der Waals surface area contributed by atoms with Gasteiger partial charge in [-0.15, -0.1) is 0 Å². The Hall–Kier alpha value is -4.22. The lowest BCUT2D eigenvalue weighted by molar-refractivity contribution is -0.154. The van der Waals surface area contributed by atoms with Crippen molar-refractivity contribution in [1.29, 1.82) is 0 Å². The third-order valence-corrected chi connectivity index (χ3v) is 7.51. The first kappa shape index (κ1) is 34.6. The number of nitrogens with two attached hydrogens (primary N) is 1. The summed E-state index contributed by atoms with van der Waals surface area (Å²) in [5.74, 6) is -4.35. The largest absolute Gasteiger partial charge is 0.408 e. The van der Waals surface area contributed by atoms with Gasteiger partial charge < -0.3 is 21.1 Å².